The van der Waals surface area contributed by atoms with Gasteiger partial charge in [0, 0.05) is 18.1 Å². The van der Waals surface area contributed by atoms with Gasteiger partial charge in [-0.1, -0.05) is 4.49 Å². The third-order valence-corrected chi connectivity index (χ3v) is 3.70. The maximum atomic E-state index is 5.58. The maximum Gasteiger partial charge on any atom is 0.175 e. The first-order valence-electron chi connectivity index (χ1n) is 5.42. The van der Waals surface area contributed by atoms with E-state index >= 15 is 0 Å². The predicted molar refractivity (Wildman–Crippen MR) is 72.4 cm³/mol. The largest absolute Gasteiger partial charge is 0.486 e. The fourth-order valence-corrected chi connectivity index (χ4v) is 2.72. The number of fused-ring (bicyclic) bond motifs is 1. The van der Waals surface area contributed by atoms with E-state index in [4.69, 9.17) is 9.47 Å². The highest BCUT2D eigenvalue weighted by molar-refractivity contribution is 9.10. The van der Waals surface area contributed by atoms with E-state index in [1.165, 1.54) is 11.5 Å². The van der Waals surface area contributed by atoms with Gasteiger partial charge in [-0.15, -0.1) is 5.10 Å². The molecule has 0 aliphatic carbocycles. The average Bonchev–Trinajstić information content (AvgIpc) is 2.90. The molecular formula is C11H10BrN3O2S. The molecule has 1 aromatic heterocycles. The fourth-order valence-electron chi connectivity index (χ4n) is 1.70. The Bertz CT molecular complexity index is 547. The van der Waals surface area contributed by atoms with Crippen molar-refractivity contribution in [2.75, 3.05) is 18.5 Å². The van der Waals surface area contributed by atoms with Crippen LogP contribution in [-0.2, 0) is 6.54 Å². The summed E-state index contributed by atoms with van der Waals surface area (Å²) in [5.41, 5.74) is 1.11. The van der Waals surface area contributed by atoms with E-state index in [1.807, 2.05) is 12.1 Å². The number of nitrogens with one attached hydrogen (secondary N) is 1. The Morgan fingerprint density at radius 3 is 3.06 bits per heavy atom. The van der Waals surface area contributed by atoms with E-state index in [1.54, 1.807) is 6.20 Å². The summed E-state index contributed by atoms with van der Waals surface area (Å²) in [7, 11) is 0. The number of nitrogens with zero attached hydrogens (tertiary/aromatic N) is 2. The van der Waals surface area contributed by atoms with Crippen LogP contribution < -0.4 is 14.8 Å². The van der Waals surface area contributed by atoms with Gasteiger partial charge in [0.25, 0.3) is 0 Å². The van der Waals surface area contributed by atoms with Gasteiger partial charge < -0.3 is 14.8 Å². The highest BCUT2D eigenvalue weighted by atomic mass is 79.9. The molecule has 2 heterocycles. The second-order valence-corrected chi connectivity index (χ2v) is 5.38. The zero-order valence-corrected chi connectivity index (χ0v) is 11.8. The second-order valence-electron chi connectivity index (χ2n) is 3.74. The summed E-state index contributed by atoms with van der Waals surface area (Å²) in [6.45, 7) is 1.88. The highest BCUT2D eigenvalue weighted by Crippen LogP contribution is 2.38. The van der Waals surface area contributed by atoms with Gasteiger partial charge in [-0.25, -0.2) is 0 Å². The molecule has 1 aromatic carbocycles. The first-order valence-corrected chi connectivity index (χ1v) is 6.99. The molecule has 0 amide bonds. The minimum Gasteiger partial charge on any atom is -0.486 e. The van der Waals surface area contributed by atoms with Crippen molar-refractivity contribution in [3.05, 3.63) is 28.4 Å². The molecule has 0 bridgehead atoms. The molecule has 0 atom stereocenters. The highest BCUT2D eigenvalue weighted by Gasteiger charge is 2.16. The number of aromatic nitrogens is 2. The Labute approximate surface area is 116 Å². The van der Waals surface area contributed by atoms with Crippen molar-refractivity contribution in [3.63, 3.8) is 0 Å². The van der Waals surface area contributed by atoms with Crippen LogP contribution in [0.2, 0.25) is 0 Å². The Balaban J connectivity index is 1.78. The lowest BCUT2D eigenvalue weighted by atomic mass is 10.2. The summed E-state index contributed by atoms with van der Waals surface area (Å²) in [6.07, 6.45) is 1.71. The first kappa shape index (κ1) is 11.7. The van der Waals surface area contributed by atoms with Crippen molar-refractivity contribution in [1.82, 2.24) is 9.59 Å². The molecule has 1 aliphatic heterocycles. The molecule has 1 aliphatic rings. The van der Waals surface area contributed by atoms with Crippen molar-refractivity contribution in [1.29, 1.82) is 0 Å². The van der Waals surface area contributed by atoms with Crippen molar-refractivity contribution in [3.8, 4) is 11.5 Å². The van der Waals surface area contributed by atoms with E-state index in [-0.39, 0.29) is 0 Å². The van der Waals surface area contributed by atoms with E-state index in [0.29, 0.717) is 19.8 Å². The molecule has 94 valence electrons. The Kier molecular flexibility index (Phi) is 3.33. The number of anilines is 1. The number of hydrogen-bond donors (Lipinski definition) is 1. The summed E-state index contributed by atoms with van der Waals surface area (Å²) in [5.74, 6) is 1.57. The third kappa shape index (κ3) is 2.41. The van der Waals surface area contributed by atoms with Crippen LogP contribution in [0.25, 0.3) is 0 Å². The quantitative estimate of drug-likeness (QED) is 0.939. The number of benzene rings is 1. The van der Waals surface area contributed by atoms with E-state index in [0.717, 1.165) is 26.5 Å². The molecule has 0 spiro atoms. The number of ether oxygens (including phenoxy) is 2. The average molecular weight is 328 g/mol. The summed E-state index contributed by atoms with van der Waals surface area (Å²) < 4.78 is 15.8. The molecular weight excluding hydrogens is 318 g/mol. The van der Waals surface area contributed by atoms with E-state index in [9.17, 15) is 0 Å². The van der Waals surface area contributed by atoms with Gasteiger partial charge in [0.05, 0.1) is 10.7 Å². The number of halogens is 1. The molecule has 2 aromatic rings. The van der Waals surface area contributed by atoms with Crippen LogP contribution in [0.4, 0.5) is 5.00 Å². The third-order valence-electron chi connectivity index (χ3n) is 2.48. The van der Waals surface area contributed by atoms with Gasteiger partial charge in [-0.05, 0) is 33.6 Å². The van der Waals surface area contributed by atoms with Crippen LogP contribution in [0.3, 0.4) is 0 Å². The Morgan fingerprint density at radius 1 is 1.33 bits per heavy atom. The van der Waals surface area contributed by atoms with Gasteiger partial charge in [-0.2, -0.15) is 0 Å². The van der Waals surface area contributed by atoms with Crippen LogP contribution in [0, 0.1) is 0 Å². The standard InChI is InChI=1S/C11H10BrN3O2S/c12-8-3-7(5-13-10-6-14-15-18-10)4-9-11(8)17-2-1-16-9/h3-4,6,13H,1-2,5H2. The number of hydrogen-bond acceptors (Lipinski definition) is 6. The zero-order valence-electron chi connectivity index (χ0n) is 9.35. The van der Waals surface area contributed by atoms with Crippen LogP contribution >= 0.6 is 27.5 Å². The van der Waals surface area contributed by atoms with Gasteiger partial charge >= 0.3 is 0 Å². The zero-order chi connectivity index (χ0) is 12.4. The minimum atomic E-state index is 0.592. The summed E-state index contributed by atoms with van der Waals surface area (Å²) in [6, 6.07) is 4.01. The molecule has 0 fully saturated rings. The first-order chi connectivity index (χ1) is 8.83. The molecule has 3 rings (SSSR count). The monoisotopic (exact) mass is 327 g/mol. The van der Waals surface area contributed by atoms with Crippen LogP contribution in [0.5, 0.6) is 11.5 Å². The lowest BCUT2D eigenvalue weighted by Crippen LogP contribution is -2.16. The predicted octanol–water partition coefficient (Wildman–Crippen LogP) is 2.68. The number of rotatable bonds is 3. The molecule has 18 heavy (non-hydrogen) atoms. The van der Waals surface area contributed by atoms with Gasteiger partial charge in [-0.3, -0.25) is 0 Å². The lowest BCUT2D eigenvalue weighted by Gasteiger charge is -2.20. The van der Waals surface area contributed by atoms with Crippen LogP contribution in [0.1, 0.15) is 5.56 Å². The Morgan fingerprint density at radius 2 is 2.22 bits per heavy atom. The smallest absolute Gasteiger partial charge is 0.175 e. The van der Waals surface area contributed by atoms with Crippen LogP contribution in [0.15, 0.2) is 22.8 Å². The summed E-state index contributed by atoms with van der Waals surface area (Å²) >= 11 is 4.83. The molecule has 0 unspecified atom stereocenters. The molecule has 0 saturated heterocycles. The minimum absolute atomic E-state index is 0.592. The molecule has 0 radical (unpaired) electrons. The maximum absolute atomic E-state index is 5.58. The van der Waals surface area contributed by atoms with E-state index in [2.05, 4.69) is 30.8 Å². The van der Waals surface area contributed by atoms with Crippen molar-refractivity contribution < 1.29 is 9.47 Å². The molecule has 0 saturated carbocycles. The van der Waals surface area contributed by atoms with Crippen molar-refractivity contribution in [2.24, 2.45) is 0 Å². The van der Waals surface area contributed by atoms with Crippen LogP contribution in [-0.4, -0.2) is 22.8 Å². The topological polar surface area (TPSA) is 56.3 Å². The normalized spacial score (nSPS) is 13.4. The summed E-state index contributed by atoms with van der Waals surface area (Å²) in [5, 5.41) is 7.97. The van der Waals surface area contributed by atoms with E-state index < -0.39 is 0 Å². The second kappa shape index (κ2) is 5.11. The van der Waals surface area contributed by atoms with Crippen molar-refractivity contribution in [2.45, 2.75) is 6.54 Å². The fraction of sp³-hybridized carbons (Fsp3) is 0.273. The molecule has 1 N–H and O–H groups in total. The SMILES string of the molecule is Brc1cc(CNc2cnns2)cc2c1OCCO2. The Hall–Kier alpha value is -1.34. The molecule has 5 nitrogen and oxygen atoms in total. The van der Waals surface area contributed by atoms with Crippen molar-refractivity contribution >= 4 is 32.5 Å². The van der Waals surface area contributed by atoms with Gasteiger partial charge in [0.15, 0.2) is 11.5 Å². The van der Waals surface area contributed by atoms with Gasteiger partial charge in [0.1, 0.15) is 18.2 Å². The van der Waals surface area contributed by atoms with Gasteiger partial charge in [0.2, 0.25) is 0 Å². The molecule has 7 heteroatoms. The lowest BCUT2D eigenvalue weighted by molar-refractivity contribution is 0.170. The summed E-state index contributed by atoms with van der Waals surface area (Å²) in [4.78, 5) is 0.